The van der Waals surface area contributed by atoms with Crippen molar-refractivity contribution < 1.29 is 0 Å². The Bertz CT molecular complexity index is 217. The molecule has 2 nitrogen and oxygen atoms in total. The predicted molar refractivity (Wildman–Crippen MR) is 56.8 cm³/mol. The van der Waals surface area contributed by atoms with Gasteiger partial charge >= 0.3 is 0 Å². The van der Waals surface area contributed by atoms with Gasteiger partial charge in [0.05, 0.1) is 6.07 Å². The van der Waals surface area contributed by atoms with Gasteiger partial charge in [0.2, 0.25) is 0 Å². The van der Waals surface area contributed by atoms with Crippen molar-refractivity contribution in [3.05, 3.63) is 0 Å². The maximum Gasteiger partial charge on any atom is 0.106 e. The fraction of sp³-hybridized carbons (Fsp3) is 0.917. The lowest BCUT2D eigenvalue weighted by Crippen LogP contribution is -2.45. The van der Waals surface area contributed by atoms with Crippen LogP contribution in [0.15, 0.2) is 0 Å². The van der Waals surface area contributed by atoms with E-state index in [1.807, 2.05) is 0 Å². The molecule has 0 radical (unpaired) electrons. The van der Waals surface area contributed by atoms with Gasteiger partial charge in [-0.15, -0.1) is 0 Å². The lowest BCUT2D eigenvalue weighted by atomic mass is 9.85. The zero-order valence-corrected chi connectivity index (χ0v) is 8.89. The van der Waals surface area contributed by atoms with Gasteiger partial charge in [-0.1, -0.05) is 32.1 Å². The second-order valence-corrected chi connectivity index (χ2v) is 4.88. The van der Waals surface area contributed by atoms with Crippen molar-refractivity contribution in [2.45, 2.75) is 69.4 Å². The van der Waals surface area contributed by atoms with Gasteiger partial charge in [-0.05, 0) is 25.7 Å². The fourth-order valence-electron chi connectivity index (χ4n) is 2.42. The summed E-state index contributed by atoms with van der Waals surface area (Å²) in [5, 5.41) is 12.9. The molecule has 0 aromatic carbocycles. The van der Waals surface area contributed by atoms with Crippen molar-refractivity contribution in [1.29, 1.82) is 5.26 Å². The van der Waals surface area contributed by atoms with Crippen molar-refractivity contribution in [1.82, 2.24) is 5.32 Å². The average Bonchev–Trinajstić information content (AvgIpc) is 2.94. The molecule has 2 heteroatoms. The van der Waals surface area contributed by atoms with E-state index in [2.05, 4.69) is 11.4 Å². The number of nitrogens with one attached hydrogen (secondary N) is 1. The molecule has 2 rings (SSSR count). The third-order valence-corrected chi connectivity index (χ3v) is 3.48. The number of hydrogen-bond donors (Lipinski definition) is 1. The van der Waals surface area contributed by atoms with Crippen LogP contribution in [0.2, 0.25) is 0 Å². The molecule has 2 fully saturated rings. The van der Waals surface area contributed by atoms with Crippen molar-refractivity contribution >= 4 is 0 Å². The first-order valence-electron chi connectivity index (χ1n) is 6.04. The van der Waals surface area contributed by atoms with E-state index in [-0.39, 0.29) is 5.54 Å². The molecule has 0 aliphatic heterocycles. The monoisotopic (exact) mass is 192 g/mol. The fourth-order valence-corrected chi connectivity index (χ4v) is 2.42. The molecule has 0 spiro atoms. The Morgan fingerprint density at radius 2 is 1.57 bits per heavy atom. The van der Waals surface area contributed by atoms with Crippen LogP contribution in [0.4, 0.5) is 0 Å². The summed E-state index contributed by atoms with van der Waals surface area (Å²) in [6.07, 6.45) is 11.2. The number of rotatable bonds is 2. The quantitative estimate of drug-likeness (QED) is 0.730. The van der Waals surface area contributed by atoms with Gasteiger partial charge in [0.25, 0.3) is 0 Å². The van der Waals surface area contributed by atoms with E-state index in [4.69, 9.17) is 0 Å². The molecule has 2 aliphatic rings. The Morgan fingerprint density at radius 1 is 1.00 bits per heavy atom. The summed E-state index contributed by atoms with van der Waals surface area (Å²) in [5.74, 6) is 0. The molecule has 2 aliphatic carbocycles. The molecule has 0 atom stereocenters. The third kappa shape index (κ3) is 2.48. The second kappa shape index (κ2) is 4.31. The summed E-state index contributed by atoms with van der Waals surface area (Å²) < 4.78 is 0. The van der Waals surface area contributed by atoms with Gasteiger partial charge in [-0.2, -0.15) is 5.26 Å². The summed E-state index contributed by atoms with van der Waals surface area (Å²) >= 11 is 0. The Balaban J connectivity index is 1.95. The maximum absolute atomic E-state index is 9.32. The predicted octanol–water partition coefficient (Wildman–Crippen LogP) is 2.75. The zero-order valence-electron chi connectivity index (χ0n) is 8.89. The van der Waals surface area contributed by atoms with Gasteiger partial charge < -0.3 is 0 Å². The Kier molecular flexibility index (Phi) is 3.08. The second-order valence-electron chi connectivity index (χ2n) is 4.88. The Labute approximate surface area is 86.7 Å². The van der Waals surface area contributed by atoms with Crippen LogP contribution in [0.5, 0.6) is 0 Å². The van der Waals surface area contributed by atoms with E-state index < -0.39 is 0 Å². The van der Waals surface area contributed by atoms with Crippen LogP contribution in [0, 0.1) is 11.3 Å². The lowest BCUT2D eigenvalue weighted by molar-refractivity contribution is 0.314. The Morgan fingerprint density at radius 3 is 2.07 bits per heavy atom. The van der Waals surface area contributed by atoms with Crippen LogP contribution in [0.3, 0.4) is 0 Å². The van der Waals surface area contributed by atoms with Crippen molar-refractivity contribution in [2.24, 2.45) is 0 Å². The SMILES string of the molecule is N#CC1(NC2CC2)CCCCCCC1. The van der Waals surface area contributed by atoms with Crippen molar-refractivity contribution in [2.75, 3.05) is 0 Å². The smallest absolute Gasteiger partial charge is 0.106 e. The molecule has 78 valence electrons. The minimum absolute atomic E-state index is 0.165. The van der Waals surface area contributed by atoms with Crippen LogP contribution in [0.25, 0.3) is 0 Å². The minimum atomic E-state index is -0.165. The highest BCUT2D eigenvalue weighted by molar-refractivity contribution is 5.10. The van der Waals surface area contributed by atoms with Crippen molar-refractivity contribution in [3.8, 4) is 6.07 Å². The highest BCUT2D eigenvalue weighted by Crippen LogP contribution is 2.30. The summed E-state index contributed by atoms with van der Waals surface area (Å²) in [7, 11) is 0. The summed E-state index contributed by atoms with van der Waals surface area (Å²) in [4.78, 5) is 0. The first-order valence-corrected chi connectivity index (χ1v) is 6.04. The molecule has 0 heterocycles. The molecule has 0 amide bonds. The van der Waals surface area contributed by atoms with Crippen LogP contribution in [-0.2, 0) is 0 Å². The van der Waals surface area contributed by atoms with Gasteiger partial charge in [0, 0.05) is 6.04 Å². The summed E-state index contributed by atoms with van der Waals surface area (Å²) in [5.41, 5.74) is -0.165. The van der Waals surface area contributed by atoms with Gasteiger partial charge in [-0.25, -0.2) is 0 Å². The molecule has 0 saturated heterocycles. The molecular weight excluding hydrogens is 172 g/mol. The first-order chi connectivity index (χ1) is 6.85. The highest BCUT2D eigenvalue weighted by Gasteiger charge is 2.35. The molecule has 2 saturated carbocycles. The highest BCUT2D eigenvalue weighted by atomic mass is 15.0. The Hall–Kier alpha value is -0.550. The van der Waals surface area contributed by atoms with Gasteiger partial charge in [0.15, 0.2) is 0 Å². The van der Waals surface area contributed by atoms with Crippen LogP contribution >= 0.6 is 0 Å². The standard InChI is InChI=1S/C12H20N2/c13-10-12(14-11-6-7-11)8-4-2-1-3-5-9-12/h11,14H,1-9H2. The molecule has 0 aromatic rings. The maximum atomic E-state index is 9.32. The molecule has 14 heavy (non-hydrogen) atoms. The van der Waals surface area contributed by atoms with Crippen molar-refractivity contribution in [3.63, 3.8) is 0 Å². The lowest BCUT2D eigenvalue weighted by Gasteiger charge is -2.29. The normalized spacial score (nSPS) is 27.4. The third-order valence-electron chi connectivity index (χ3n) is 3.48. The summed E-state index contributed by atoms with van der Waals surface area (Å²) in [6, 6.07) is 3.21. The first kappa shape index (κ1) is 9.98. The topological polar surface area (TPSA) is 35.8 Å². The van der Waals surface area contributed by atoms with E-state index >= 15 is 0 Å². The number of nitriles is 1. The van der Waals surface area contributed by atoms with E-state index in [1.165, 1.54) is 44.9 Å². The van der Waals surface area contributed by atoms with Gasteiger partial charge in [0.1, 0.15) is 5.54 Å². The largest absolute Gasteiger partial charge is 0.297 e. The minimum Gasteiger partial charge on any atom is -0.297 e. The van der Waals surface area contributed by atoms with E-state index in [0.29, 0.717) is 6.04 Å². The molecule has 0 bridgehead atoms. The molecule has 1 N–H and O–H groups in total. The van der Waals surface area contributed by atoms with E-state index in [1.54, 1.807) is 0 Å². The van der Waals surface area contributed by atoms with Crippen LogP contribution < -0.4 is 5.32 Å². The van der Waals surface area contributed by atoms with E-state index in [9.17, 15) is 5.26 Å². The van der Waals surface area contributed by atoms with Crippen LogP contribution in [0.1, 0.15) is 57.8 Å². The zero-order chi connectivity index (χ0) is 9.86. The van der Waals surface area contributed by atoms with Gasteiger partial charge in [-0.3, -0.25) is 5.32 Å². The molecule has 0 aromatic heterocycles. The van der Waals surface area contributed by atoms with Crippen LogP contribution in [-0.4, -0.2) is 11.6 Å². The van der Waals surface area contributed by atoms with E-state index in [0.717, 1.165) is 12.8 Å². The molecular formula is C12H20N2. The molecule has 0 unspecified atom stereocenters. The number of nitrogens with zero attached hydrogens (tertiary/aromatic N) is 1. The average molecular weight is 192 g/mol. The number of hydrogen-bond acceptors (Lipinski definition) is 2. The summed E-state index contributed by atoms with van der Waals surface area (Å²) in [6.45, 7) is 0.